The van der Waals surface area contributed by atoms with Crippen LogP contribution in [0.3, 0.4) is 0 Å². The monoisotopic (exact) mass is 426 g/mol. The maximum Gasteiger partial charge on any atom is 0.523 e. The number of fused-ring (bicyclic) bond motifs is 2. The minimum absolute atomic E-state index is 0.181. The molecule has 1 aromatic carbocycles. The number of ether oxygens (including phenoxy) is 1. The zero-order valence-electron chi connectivity index (χ0n) is 17.9. The number of halogens is 4. The van der Waals surface area contributed by atoms with Crippen LogP contribution in [0.15, 0.2) is 18.2 Å². The van der Waals surface area contributed by atoms with Crippen LogP contribution in [0.4, 0.5) is 17.6 Å². The molecule has 0 amide bonds. The molecule has 1 nitrogen and oxygen atoms in total. The quantitative estimate of drug-likeness (QED) is 0.434. The van der Waals surface area contributed by atoms with Crippen LogP contribution >= 0.6 is 0 Å². The topological polar surface area (TPSA) is 9.23 Å². The molecule has 0 bridgehead atoms. The van der Waals surface area contributed by atoms with Gasteiger partial charge in [-0.05, 0) is 91.7 Å². The lowest BCUT2D eigenvalue weighted by molar-refractivity contribution is -0.354. The van der Waals surface area contributed by atoms with Crippen molar-refractivity contribution in [1.29, 1.82) is 0 Å². The van der Waals surface area contributed by atoms with Crippen molar-refractivity contribution in [3.05, 3.63) is 35.1 Å². The first-order valence-electron chi connectivity index (χ1n) is 11.9. The summed E-state index contributed by atoms with van der Waals surface area (Å²) >= 11 is 0. The Balaban J connectivity index is 1.48. The lowest BCUT2D eigenvalue weighted by atomic mass is 9.60. The minimum Gasteiger partial charge on any atom is -0.283 e. The highest BCUT2D eigenvalue weighted by Crippen LogP contribution is 2.52. The van der Waals surface area contributed by atoms with Crippen molar-refractivity contribution in [3.8, 4) is 0 Å². The van der Waals surface area contributed by atoms with Gasteiger partial charge in [-0.2, -0.15) is 0 Å². The molecule has 0 spiro atoms. The largest absolute Gasteiger partial charge is 0.523 e. The summed E-state index contributed by atoms with van der Waals surface area (Å²) in [7, 11) is 0. The van der Waals surface area contributed by atoms with Crippen molar-refractivity contribution in [2.45, 2.75) is 90.0 Å². The van der Waals surface area contributed by atoms with E-state index in [0.29, 0.717) is 29.9 Å². The Morgan fingerprint density at radius 2 is 1.70 bits per heavy atom. The van der Waals surface area contributed by atoms with Gasteiger partial charge in [-0.1, -0.05) is 44.7 Å². The van der Waals surface area contributed by atoms with E-state index >= 15 is 0 Å². The third kappa shape index (κ3) is 4.87. The van der Waals surface area contributed by atoms with E-state index in [1.54, 1.807) is 6.07 Å². The molecule has 5 heteroatoms. The second-order valence-corrected chi connectivity index (χ2v) is 9.91. The number of alkyl halides is 3. The molecule has 0 saturated heterocycles. The summed E-state index contributed by atoms with van der Waals surface area (Å²) < 4.78 is 58.7. The van der Waals surface area contributed by atoms with E-state index in [-0.39, 0.29) is 11.8 Å². The van der Waals surface area contributed by atoms with Crippen molar-refractivity contribution < 1.29 is 22.3 Å². The average molecular weight is 427 g/mol. The maximum atomic E-state index is 14.3. The van der Waals surface area contributed by atoms with Gasteiger partial charge in [0.25, 0.3) is 0 Å². The molecule has 0 heterocycles. The summed E-state index contributed by atoms with van der Waals surface area (Å²) in [5.74, 6) is 1.88. The molecule has 0 radical (unpaired) electrons. The first-order valence-corrected chi connectivity index (χ1v) is 11.9. The zero-order valence-corrected chi connectivity index (χ0v) is 17.9. The maximum absolute atomic E-state index is 14.3. The van der Waals surface area contributed by atoms with Crippen LogP contribution in [0.1, 0.15) is 88.4 Å². The van der Waals surface area contributed by atoms with Crippen LogP contribution in [0.25, 0.3) is 0 Å². The highest BCUT2D eigenvalue weighted by atomic mass is 19.4. The normalized spacial score (nSPS) is 34.3. The molecule has 168 valence electrons. The van der Waals surface area contributed by atoms with Crippen LogP contribution in [-0.4, -0.2) is 6.36 Å². The van der Waals surface area contributed by atoms with Gasteiger partial charge in [-0.25, -0.2) is 4.39 Å². The number of hydrogen-bond acceptors (Lipinski definition) is 1. The first-order chi connectivity index (χ1) is 14.4. The molecule has 0 N–H and O–H groups in total. The van der Waals surface area contributed by atoms with Gasteiger partial charge in [-0.15, -0.1) is 13.2 Å². The van der Waals surface area contributed by atoms with Crippen molar-refractivity contribution in [1.82, 2.24) is 0 Å². The SMILES string of the molecule is CCCCC1CCC2CC(C3CCc4c(F)cccc4C3OC(F)(F)F)CCC2C1. The molecular formula is C25H34F4O. The van der Waals surface area contributed by atoms with Crippen LogP contribution in [0, 0.1) is 35.4 Å². The van der Waals surface area contributed by atoms with Gasteiger partial charge in [0.05, 0.1) is 6.10 Å². The Hall–Kier alpha value is -1.10. The Morgan fingerprint density at radius 1 is 0.967 bits per heavy atom. The fourth-order valence-electron chi connectivity index (χ4n) is 6.74. The molecule has 0 aromatic heterocycles. The lowest BCUT2D eigenvalue weighted by Crippen LogP contribution is -2.38. The predicted molar refractivity (Wildman–Crippen MR) is 109 cm³/mol. The Bertz CT molecular complexity index is 716. The third-order valence-electron chi connectivity index (χ3n) is 8.17. The molecule has 30 heavy (non-hydrogen) atoms. The van der Waals surface area contributed by atoms with Crippen LogP contribution in [0.5, 0.6) is 0 Å². The molecular weight excluding hydrogens is 392 g/mol. The van der Waals surface area contributed by atoms with Gasteiger partial charge in [0.1, 0.15) is 5.82 Å². The second kappa shape index (κ2) is 9.18. The van der Waals surface area contributed by atoms with E-state index < -0.39 is 18.3 Å². The third-order valence-corrected chi connectivity index (χ3v) is 8.17. The first kappa shape index (κ1) is 22.1. The van der Waals surface area contributed by atoms with E-state index in [4.69, 9.17) is 0 Å². The molecule has 2 fully saturated rings. The van der Waals surface area contributed by atoms with Crippen LogP contribution in [0.2, 0.25) is 0 Å². The van der Waals surface area contributed by atoms with Crippen molar-refractivity contribution >= 4 is 0 Å². The molecule has 6 atom stereocenters. The van der Waals surface area contributed by atoms with Gasteiger partial charge < -0.3 is 0 Å². The van der Waals surface area contributed by atoms with Gasteiger partial charge >= 0.3 is 6.36 Å². The fraction of sp³-hybridized carbons (Fsp3) is 0.760. The van der Waals surface area contributed by atoms with Crippen molar-refractivity contribution in [2.75, 3.05) is 0 Å². The molecule has 1 aromatic rings. The molecule has 4 rings (SSSR count). The summed E-state index contributed by atoms with van der Waals surface area (Å²) in [6, 6.07) is 4.48. The summed E-state index contributed by atoms with van der Waals surface area (Å²) in [6.07, 6.45) is 6.10. The fourth-order valence-corrected chi connectivity index (χ4v) is 6.74. The highest BCUT2D eigenvalue weighted by molar-refractivity contribution is 5.33. The van der Waals surface area contributed by atoms with E-state index in [9.17, 15) is 17.6 Å². The lowest BCUT2D eigenvalue weighted by Gasteiger charge is -2.46. The molecule has 6 unspecified atom stereocenters. The van der Waals surface area contributed by atoms with Gasteiger partial charge in [0, 0.05) is 0 Å². The highest BCUT2D eigenvalue weighted by Gasteiger charge is 2.46. The molecule has 2 saturated carbocycles. The molecule has 3 aliphatic rings. The summed E-state index contributed by atoms with van der Waals surface area (Å²) in [6.45, 7) is 2.24. The standard InChI is InChI=1S/C25H34F4O/c1-2-3-5-16-8-9-18-15-19(11-10-17(18)14-16)20-12-13-21-22(6-4-7-23(21)26)24(20)30-25(27,28)29/h4,6-7,16-20,24H,2-3,5,8-15H2,1H3. The predicted octanol–water partition coefficient (Wildman–Crippen LogP) is 7.99. The summed E-state index contributed by atoms with van der Waals surface area (Å²) in [5.41, 5.74) is 0.821. The minimum atomic E-state index is -4.71. The van der Waals surface area contributed by atoms with E-state index in [1.165, 1.54) is 50.7 Å². The van der Waals surface area contributed by atoms with Gasteiger partial charge in [0.15, 0.2) is 0 Å². The van der Waals surface area contributed by atoms with Crippen molar-refractivity contribution in [3.63, 3.8) is 0 Å². The van der Waals surface area contributed by atoms with E-state index in [2.05, 4.69) is 11.7 Å². The number of rotatable bonds is 5. The van der Waals surface area contributed by atoms with Gasteiger partial charge in [-0.3, -0.25) is 4.74 Å². The van der Waals surface area contributed by atoms with Crippen LogP contribution < -0.4 is 0 Å². The molecule has 0 aliphatic heterocycles. The smallest absolute Gasteiger partial charge is 0.283 e. The van der Waals surface area contributed by atoms with Crippen LogP contribution in [-0.2, 0) is 11.2 Å². The van der Waals surface area contributed by atoms with Gasteiger partial charge in [0.2, 0.25) is 0 Å². The summed E-state index contributed by atoms with van der Waals surface area (Å²) in [4.78, 5) is 0. The molecule has 3 aliphatic carbocycles. The van der Waals surface area contributed by atoms with E-state index in [1.807, 2.05) is 0 Å². The van der Waals surface area contributed by atoms with Crippen molar-refractivity contribution in [2.24, 2.45) is 29.6 Å². The Labute approximate surface area is 177 Å². The Kier molecular flexibility index (Phi) is 6.76. The van der Waals surface area contributed by atoms with E-state index in [0.717, 1.165) is 31.1 Å². The zero-order chi connectivity index (χ0) is 21.3. The number of unbranched alkanes of at least 4 members (excludes halogenated alkanes) is 1. The Morgan fingerprint density at radius 3 is 2.47 bits per heavy atom. The average Bonchev–Trinajstić information content (AvgIpc) is 2.71. The second-order valence-electron chi connectivity index (χ2n) is 9.91. The number of benzene rings is 1. The number of hydrogen-bond donors (Lipinski definition) is 0. The summed E-state index contributed by atoms with van der Waals surface area (Å²) in [5, 5.41) is 0.